The van der Waals surface area contributed by atoms with Crippen LogP contribution in [-0.4, -0.2) is 0 Å². The zero-order valence-corrected chi connectivity index (χ0v) is 16.3. The highest BCUT2D eigenvalue weighted by molar-refractivity contribution is 4.78. The zero-order chi connectivity index (χ0) is 16.3. The second kappa shape index (κ2) is 11.5. The van der Waals surface area contributed by atoms with Crippen molar-refractivity contribution >= 4 is 0 Å². The van der Waals surface area contributed by atoms with E-state index in [1.165, 1.54) is 57.8 Å². The van der Waals surface area contributed by atoms with Gasteiger partial charge in [-0.15, -0.1) is 0 Å². The molecular formula is C23H44. The van der Waals surface area contributed by atoms with E-state index in [1.54, 1.807) is 51.4 Å². The van der Waals surface area contributed by atoms with Crippen LogP contribution < -0.4 is 0 Å². The van der Waals surface area contributed by atoms with E-state index >= 15 is 0 Å². The highest BCUT2D eigenvalue weighted by atomic mass is 14.3. The van der Waals surface area contributed by atoms with E-state index in [0.717, 1.165) is 23.7 Å². The normalized spacial score (nSPS) is 33.1. The van der Waals surface area contributed by atoms with Crippen LogP contribution in [0.5, 0.6) is 0 Å². The van der Waals surface area contributed by atoms with Crippen LogP contribution in [-0.2, 0) is 0 Å². The molecule has 3 fully saturated rings. The lowest BCUT2D eigenvalue weighted by Crippen LogP contribution is -2.20. The minimum absolute atomic E-state index is 1.05. The van der Waals surface area contributed by atoms with Crippen LogP contribution in [0, 0.1) is 23.7 Å². The molecule has 2 atom stereocenters. The van der Waals surface area contributed by atoms with Gasteiger partial charge < -0.3 is 0 Å². The van der Waals surface area contributed by atoms with E-state index in [2.05, 4.69) is 13.8 Å². The van der Waals surface area contributed by atoms with Crippen LogP contribution in [0.2, 0.25) is 0 Å². The molecule has 0 aromatic carbocycles. The first kappa shape index (κ1) is 19.3. The Morgan fingerprint density at radius 3 is 2.04 bits per heavy atom. The summed E-state index contributed by atoms with van der Waals surface area (Å²) in [4.78, 5) is 0. The van der Waals surface area contributed by atoms with Crippen LogP contribution in [0.25, 0.3) is 0 Å². The fourth-order valence-electron chi connectivity index (χ4n) is 5.54. The summed E-state index contributed by atoms with van der Waals surface area (Å²) >= 11 is 0. The maximum atomic E-state index is 2.40. The second-order valence-corrected chi connectivity index (χ2v) is 9.01. The number of hydrogen-bond acceptors (Lipinski definition) is 0. The Hall–Kier alpha value is 0. The summed E-state index contributed by atoms with van der Waals surface area (Å²) in [6, 6.07) is 0. The second-order valence-electron chi connectivity index (χ2n) is 9.01. The maximum Gasteiger partial charge on any atom is -0.0409 e. The van der Waals surface area contributed by atoms with Crippen molar-refractivity contribution in [3.05, 3.63) is 0 Å². The van der Waals surface area contributed by atoms with Gasteiger partial charge in [-0.25, -0.2) is 0 Å². The smallest absolute Gasteiger partial charge is 0.0409 e. The lowest BCUT2D eigenvalue weighted by Gasteiger charge is -2.33. The van der Waals surface area contributed by atoms with Gasteiger partial charge in [-0.3, -0.25) is 0 Å². The Labute approximate surface area is 147 Å². The molecule has 3 saturated carbocycles. The molecule has 0 heteroatoms. The van der Waals surface area contributed by atoms with Crippen LogP contribution in [0.4, 0.5) is 0 Å². The molecule has 2 unspecified atom stereocenters. The Kier molecular flexibility index (Phi) is 9.69. The maximum absolute atomic E-state index is 2.40. The quantitative estimate of drug-likeness (QED) is 0.415. The Balaban J connectivity index is 1.89. The fourth-order valence-corrected chi connectivity index (χ4v) is 5.54. The average Bonchev–Trinajstić information content (AvgIpc) is 2.55. The standard InChI is InChI=1S/C23H44/c1-3-5-6-7-13-23-18-21(10-4-2)12-9-8-11-20-14-16-22(19-23)17-15-20/h20-23H,3-19H2,1-2H3. The molecule has 23 heavy (non-hydrogen) atoms. The SMILES string of the molecule is CCCCCCC1CC(CCC)CCCCC2CCC(CC2)C1. The minimum Gasteiger partial charge on any atom is -0.0654 e. The van der Waals surface area contributed by atoms with Crippen molar-refractivity contribution in [1.29, 1.82) is 0 Å². The average molecular weight is 321 g/mol. The van der Waals surface area contributed by atoms with Crippen LogP contribution in [0.1, 0.15) is 123 Å². The van der Waals surface area contributed by atoms with E-state index in [9.17, 15) is 0 Å². The number of unbranched alkanes of at least 4 members (excludes halogenated alkanes) is 3. The predicted molar refractivity (Wildman–Crippen MR) is 104 cm³/mol. The first-order valence-electron chi connectivity index (χ1n) is 11.3. The molecule has 2 bridgehead atoms. The first-order valence-corrected chi connectivity index (χ1v) is 11.3. The monoisotopic (exact) mass is 320 g/mol. The summed E-state index contributed by atoms with van der Waals surface area (Å²) in [5, 5.41) is 0. The van der Waals surface area contributed by atoms with Crippen molar-refractivity contribution in [3.63, 3.8) is 0 Å². The van der Waals surface area contributed by atoms with Crippen LogP contribution in [0.15, 0.2) is 0 Å². The van der Waals surface area contributed by atoms with Gasteiger partial charge in [0.05, 0.1) is 0 Å². The van der Waals surface area contributed by atoms with Gasteiger partial charge in [0, 0.05) is 0 Å². The third-order valence-electron chi connectivity index (χ3n) is 6.94. The van der Waals surface area contributed by atoms with Gasteiger partial charge in [0.25, 0.3) is 0 Å². The summed E-state index contributed by atoms with van der Waals surface area (Å²) in [5.74, 6) is 4.29. The third-order valence-corrected chi connectivity index (χ3v) is 6.94. The molecule has 3 aliphatic carbocycles. The molecule has 3 aliphatic rings. The summed E-state index contributed by atoms with van der Waals surface area (Å²) in [6.07, 6.45) is 25.8. The van der Waals surface area contributed by atoms with Gasteiger partial charge in [-0.1, -0.05) is 110 Å². The van der Waals surface area contributed by atoms with Crippen molar-refractivity contribution in [3.8, 4) is 0 Å². The third kappa shape index (κ3) is 7.61. The molecular weight excluding hydrogens is 276 g/mol. The topological polar surface area (TPSA) is 0 Å². The summed E-state index contributed by atoms with van der Waals surface area (Å²) in [7, 11) is 0. The zero-order valence-electron chi connectivity index (χ0n) is 16.3. The van der Waals surface area contributed by atoms with Crippen LogP contribution in [0.3, 0.4) is 0 Å². The first-order chi connectivity index (χ1) is 11.3. The van der Waals surface area contributed by atoms with Gasteiger partial charge in [0.2, 0.25) is 0 Å². The van der Waals surface area contributed by atoms with Crippen molar-refractivity contribution in [2.45, 2.75) is 123 Å². The van der Waals surface area contributed by atoms with E-state index in [0.29, 0.717) is 0 Å². The molecule has 0 saturated heterocycles. The summed E-state index contributed by atoms with van der Waals surface area (Å²) in [6.45, 7) is 4.74. The van der Waals surface area contributed by atoms with Gasteiger partial charge in [0.1, 0.15) is 0 Å². The molecule has 0 aliphatic heterocycles. The Morgan fingerprint density at radius 1 is 0.565 bits per heavy atom. The van der Waals surface area contributed by atoms with E-state index in [4.69, 9.17) is 0 Å². The van der Waals surface area contributed by atoms with Crippen LogP contribution >= 0.6 is 0 Å². The fraction of sp³-hybridized carbons (Fsp3) is 1.00. The molecule has 3 rings (SSSR count). The van der Waals surface area contributed by atoms with Crippen molar-refractivity contribution in [2.24, 2.45) is 23.7 Å². The van der Waals surface area contributed by atoms with Gasteiger partial charge >= 0.3 is 0 Å². The molecule has 0 radical (unpaired) electrons. The van der Waals surface area contributed by atoms with E-state index < -0.39 is 0 Å². The molecule has 0 spiro atoms. The Bertz CT molecular complexity index is 274. The predicted octanol–water partition coefficient (Wildman–Crippen LogP) is 8.15. The Morgan fingerprint density at radius 2 is 1.30 bits per heavy atom. The molecule has 0 nitrogen and oxygen atoms in total. The van der Waals surface area contributed by atoms with E-state index in [1.807, 2.05) is 0 Å². The van der Waals surface area contributed by atoms with E-state index in [-0.39, 0.29) is 0 Å². The molecule has 136 valence electrons. The molecule has 0 amide bonds. The molecule has 0 aromatic heterocycles. The molecule has 0 N–H and O–H groups in total. The largest absolute Gasteiger partial charge is 0.0654 e. The van der Waals surface area contributed by atoms with Gasteiger partial charge in [-0.05, 0) is 36.5 Å². The highest BCUT2D eigenvalue weighted by Gasteiger charge is 2.26. The van der Waals surface area contributed by atoms with Crippen molar-refractivity contribution in [1.82, 2.24) is 0 Å². The number of hydrogen-bond donors (Lipinski definition) is 0. The summed E-state index contributed by atoms with van der Waals surface area (Å²) in [5.41, 5.74) is 0. The summed E-state index contributed by atoms with van der Waals surface area (Å²) < 4.78 is 0. The number of rotatable bonds is 7. The van der Waals surface area contributed by atoms with Crippen molar-refractivity contribution < 1.29 is 0 Å². The lowest BCUT2D eigenvalue weighted by molar-refractivity contribution is 0.188. The van der Waals surface area contributed by atoms with Gasteiger partial charge in [0.15, 0.2) is 0 Å². The lowest BCUT2D eigenvalue weighted by atomic mass is 9.72. The molecule has 0 heterocycles. The highest BCUT2D eigenvalue weighted by Crippen LogP contribution is 2.39. The number of fused-ring (bicyclic) bond motifs is 9. The molecule has 0 aromatic rings. The van der Waals surface area contributed by atoms with Gasteiger partial charge in [-0.2, -0.15) is 0 Å². The minimum atomic E-state index is 1.05. The van der Waals surface area contributed by atoms with Crippen molar-refractivity contribution in [2.75, 3.05) is 0 Å².